The van der Waals surface area contributed by atoms with Crippen LogP contribution in [0.25, 0.3) is 0 Å². The third-order valence-corrected chi connectivity index (χ3v) is 3.62. The fraction of sp³-hybridized carbons (Fsp3) is 0.667. The van der Waals surface area contributed by atoms with E-state index in [1.165, 1.54) is 17.1 Å². The molecule has 2 rings (SSSR count). The first-order chi connectivity index (χ1) is 7.72. The molecule has 2 aliphatic rings. The van der Waals surface area contributed by atoms with Gasteiger partial charge in [-0.2, -0.15) is 0 Å². The highest BCUT2D eigenvalue weighted by Gasteiger charge is 2.31. The second-order valence-corrected chi connectivity index (χ2v) is 4.61. The van der Waals surface area contributed by atoms with E-state index in [2.05, 4.69) is 0 Å². The van der Waals surface area contributed by atoms with Gasteiger partial charge in [-0.15, -0.1) is 0 Å². The molecule has 1 fully saturated rings. The maximum atomic E-state index is 11.4. The SMILES string of the molecule is O=C1C=CC(=O)N1CC1CCCCC1CO. The number of rotatable bonds is 3. The third-order valence-electron chi connectivity index (χ3n) is 3.62. The normalized spacial score (nSPS) is 30.2. The zero-order valence-corrected chi connectivity index (χ0v) is 9.26. The predicted molar refractivity (Wildman–Crippen MR) is 58.4 cm³/mol. The van der Waals surface area contributed by atoms with E-state index in [0.29, 0.717) is 6.54 Å². The summed E-state index contributed by atoms with van der Waals surface area (Å²) in [6.45, 7) is 0.629. The van der Waals surface area contributed by atoms with Gasteiger partial charge in [0.05, 0.1) is 0 Å². The second kappa shape index (κ2) is 4.78. The van der Waals surface area contributed by atoms with Crippen molar-refractivity contribution in [2.24, 2.45) is 11.8 Å². The Labute approximate surface area is 94.9 Å². The van der Waals surface area contributed by atoms with E-state index < -0.39 is 0 Å². The van der Waals surface area contributed by atoms with Gasteiger partial charge < -0.3 is 5.11 Å². The molecular weight excluding hydrogens is 206 g/mol. The van der Waals surface area contributed by atoms with Gasteiger partial charge in [-0.3, -0.25) is 14.5 Å². The van der Waals surface area contributed by atoms with Gasteiger partial charge in [-0.1, -0.05) is 12.8 Å². The van der Waals surface area contributed by atoms with E-state index in [4.69, 9.17) is 0 Å². The Bertz CT molecular complexity index is 306. The molecule has 2 amide bonds. The Balaban J connectivity index is 1.97. The molecule has 1 aliphatic heterocycles. The first-order valence-electron chi connectivity index (χ1n) is 5.86. The smallest absolute Gasteiger partial charge is 0.253 e. The van der Waals surface area contributed by atoms with Crippen molar-refractivity contribution in [3.63, 3.8) is 0 Å². The number of nitrogens with zero attached hydrogens (tertiary/aromatic N) is 1. The molecule has 88 valence electrons. The summed E-state index contributed by atoms with van der Waals surface area (Å²) in [7, 11) is 0. The molecule has 0 radical (unpaired) electrons. The van der Waals surface area contributed by atoms with Crippen LogP contribution in [0.2, 0.25) is 0 Å². The lowest BCUT2D eigenvalue weighted by Crippen LogP contribution is -2.39. The molecule has 1 saturated carbocycles. The maximum Gasteiger partial charge on any atom is 0.253 e. The number of hydrogen-bond donors (Lipinski definition) is 1. The van der Waals surface area contributed by atoms with Crippen LogP contribution in [-0.2, 0) is 9.59 Å². The Morgan fingerprint density at radius 1 is 1.12 bits per heavy atom. The molecule has 0 spiro atoms. The molecule has 0 bridgehead atoms. The van der Waals surface area contributed by atoms with Gasteiger partial charge in [0.25, 0.3) is 11.8 Å². The van der Waals surface area contributed by atoms with E-state index in [-0.39, 0.29) is 30.3 Å². The van der Waals surface area contributed by atoms with E-state index in [1.807, 2.05) is 0 Å². The fourth-order valence-corrected chi connectivity index (χ4v) is 2.61. The molecule has 1 heterocycles. The summed E-state index contributed by atoms with van der Waals surface area (Å²) in [6.07, 6.45) is 6.91. The Kier molecular flexibility index (Phi) is 3.39. The highest BCUT2D eigenvalue weighted by Crippen LogP contribution is 2.30. The summed E-state index contributed by atoms with van der Waals surface area (Å²) in [5.74, 6) is 0.0843. The minimum atomic E-state index is -0.215. The van der Waals surface area contributed by atoms with Crippen LogP contribution in [0.1, 0.15) is 25.7 Å². The summed E-state index contributed by atoms with van der Waals surface area (Å²) < 4.78 is 0. The lowest BCUT2D eigenvalue weighted by Gasteiger charge is -2.32. The molecule has 2 atom stereocenters. The molecule has 1 aliphatic carbocycles. The first-order valence-corrected chi connectivity index (χ1v) is 5.86. The molecule has 0 aromatic heterocycles. The number of carbonyl (C=O) groups is 2. The molecule has 2 unspecified atom stereocenters. The number of aliphatic hydroxyl groups excluding tert-OH is 1. The van der Waals surface area contributed by atoms with Gasteiger partial charge in [0.15, 0.2) is 0 Å². The fourth-order valence-electron chi connectivity index (χ4n) is 2.61. The van der Waals surface area contributed by atoms with Crippen molar-refractivity contribution >= 4 is 11.8 Å². The summed E-state index contributed by atoms with van der Waals surface area (Å²) in [5.41, 5.74) is 0. The zero-order valence-electron chi connectivity index (χ0n) is 9.26. The zero-order chi connectivity index (χ0) is 11.5. The first kappa shape index (κ1) is 11.3. The Hall–Kier alpha value is -1.16. The van der Waals surface area contributed by atoms with Gasteiger partial charge >= 0.3 is 0 Å². The largest absolute Gasteiger partial charge is 0.396 e. The van der Waals surface area contributed by atoms with Gasteiger partial charge in [0.1, 0.15) is 0 Å². The van der Waals surface area contributed by atoms with Crippen molar-refractivity contribution in [3.8, 4) is 0 Å². The molecule has 0 aromatic carbocycles. The van der Waals surface area contributed by atoms with Crippen LogP contribution >= 0.6 is 0 Å². The van der Waals surface area contributed by atoms with Crippen LogP contribution in [0.15, 0.2) is 12.2 Å². The van der Waals surface area contributed by atoms with Crippen LogP contribution < -0.4 is 0 Å². The van der Waals surface area contributed by atoms with Crippen molar-refractivity contribution in [2.45, 2.75) is 25.7 Å². The topological polar surface area (TPSA) is 57.6 Å². The van der Waals surface area contributed by atoms with Crippen LogP contribution in [0.4, 0.5) is 0 Å². The monoisotopic (exact) mass is 223 g/mol. The number of carbonyl (C=O) groups excluding carboxylic acids is 2. The number of hydrogen-bond acceptors (Lipinski definition) is 3. The lowest BCUT2D eigenvalue weighted by atomic mass is 9.79. The second-order valence-electron chi connectivity index (χ2n) is 4.61. The molecule has 4 heteroatoms. The number of imide groups is 1. The van der Waals surface area contributed by atoms with Gasteiger partial charge in [0, 0.05) is 25.3 Å². The maximum absolute atomic E-state index is 11.4. The Morgan fingerprint density at radius 2 is 1.69 bits per heavy atom. The average Bonchev–Trinajstić information content (AvgIpc) is 2.61. The molecular formula is C12H17NO3. The number of aliphatic hydroxyl groups is 1. The van der Waals surface area contributed by atoms with Crippen molar-refractivity contribution in [3.05, 3.63) is 12.2 Å². The van der Waals surface area contributed by atoms with E-state index in [0.717, 1.165) is 25.7 Å². The molecule has 0 saturated heterocycles. The predicted octanol–water partition coefficient (Wildman–Crippen LogP) is 0.710. The van der Waals surface area contributed by atoms with Gasteiger partial charge in [-0.05, 0) is 24.7 Å². The van der Waals surface area contributed by atoms with Crippen LogP contribution in [0.5, 0.6) is 0 Å². The molecule has 0 aromatic rings. The summed E-state index contributed by atoms with van der Waals surface area (Å²) in [4.78, 5) is 24.1. The minimum Gasteiger partial charge on any atom is -0.396 e. The van der Waals surface area contributed by atoms with E-state index in [9.17, 15) is 14.7 Å². The highest BCUT2D eigenvalue weighted by molar-refractivity contribution is 6.12. The van der Waals surface area contributed by atoms with Crippen molar-refractivity contribution in [1.82, 2.24) is 4.90 Å². The van der Waals surface area contributed by atoms with E-state index in [1.54, 1.807) is 0 Å². The van der Waals surface area contributed by atoms with E-state index >= 15 is 0 Å². The minimum absolute atomic E-state index is 0.161. The standard InChI is InChI=1S/C12H17NO3/c14-8-10-4-2-1-3-9(10)7-13-11(15)5-6-12(13)16/h5-6,9-10,14H,1-4,7-8H2. The van der Waals surface area contributed by atoms with Crippen LogP contribution in [-0.4, -0.2) is 35.0 Å². The van der Waals surface area contributed by atoms with Crippen molar-refractivity contribution in [1.29, 1.82) is 0 Å². The molecule has 16 heavy (non-hydrogen) atoms. The number of amides is 2. The molecule has 1 N–H and O–H groups in total. The van der Waals surface area contributed by atoms with Crippen LogP contribution in [0, 0.1) is 11.8 Å². The molecule has 4 nitrogen and oxygen atoms in total. The van der Waals surface area contributed by atoms with Gasteiger partial charge in [-0.25, -0.2) is 0 Å². The van der Waals surface area contributed by atoms with Gasteiger partial charge in [0.2, 0.25) is 0 Å². The van der Waals surface area contributed by atoms with Crippen LogP contribution in [0.3, 0.4) is 0 Å². The van der Waals surface area contributed by atoms with Crippen molar-refractivity contribution in [2.75, 3.05) is 13.2 Å². The quantitative estimate of drug-likeness (QED) is 0.717. The Morgan fingerprint density at radius 3 is 2.25 bits per heavy atom. The van der Waals surface area contributed by atoms with Crippen molar-refractivity contribution < 1.29 is 14.7 Å². The summed E-state index contributed by atoms with van der Waals surface area (Å²) >= 11 is 0. The summed E-state index contributed by atoms with van der Waals surface area (Å²) in [5, 5.41) is 9.26. The highest BCUT2D eigenvalue weighted by atomic mass is 16.3. The average molecular weight is 223 g/mol. The third kappa shape index (κ3) is 2.16. The summed E-state index contributed by atoms with van der Waals surface area (Å²) in [6, 6.07) is 0. The lowest BCUT2D eigenvalue weighted by molar-refractivity contribution is -0.138.